The maximum absolute atomic E-state index is 13.2. The Morgan fingerprint density at radius 3 is 2.43 bits per heavy atom. The van der Waals surface area contributed by atoms with Crippen LogP contribution < -0.4 is 10.6 Å². The lowest BCUT2D eigenvalue weighted by Gasteiger charge is -2.09. The van der Waals surface area contributed by atoms with Crippen molar-refractivity contribution < 1.29 is 28.2 Å². The molecule has 0 saturated heterocycles. The lowest BCUT2D eigenvalue weighted by atomic mass is 10.1. The molecule has 2 rings (SSSR count). The molecule has 0 atom stereocenters. The zero-order chi connectivity index (χ0) is 20.7. The normalized spacial score (nSPS) is 10.3. The molecule has 0 radical (unpaired) electrons. The van der Waals surface area contributed by atoms with E-state index < -0.39 is 23.7 Å². The number of hydrogen-bond acceptors (Lipinski definition) is 7. The van der Waals surface area contributed by atoms with Crippen LogP contribution in [0.4, 0.5) is 15.1 Å². The van der Waals surface area contributed by atoms with Crippen molar-refractivity contribution >= 4 is 39.9 Å². The molecule has 0 saturated carbocycles. The molecule has 9 heteroatoms. The molecule has 150 valence electrons. The van der Waals surface area contributed by atoms with Crippen molar-refractivity contribution in [3.8, 4) is 0 Å². The SMILES string of the molecule is CCOC(=O)c1sc(NC(=O)CNc2cccc(F)c2)c(C(=O)OCC)c1C. The Balaban J connectivity index is 2.19. The molecule has 1 aromatic heterocycles. The summed E-state index contributed by atoms with van der Waals surface area (Å²) in [5.41, 5.74) is 0.944. The minimum absolute atomic E-state index is 0.119. The molecule has 1 amide bonds. The second-order valence-corrected chi connectivity index (χ2v) is 6.63. The van der Waals surface area contributed by atoms with Gasteiger partial charge in [-0.3, -0.25) is 4.79 Å². The third-order valence-corrected chi connectivity index (χ3v) is 4.81. The van der Waals surface area contributed by atoms with Crippen LogP contribution >= 0.6 is 11.3 Å². The molecule has 2 N–H and O–H groups in total. The van der Waals surface area contributed by atoms with Crippen LogP contribution in [0, 0.1) is 12.7 Å². The number of esters is 2. The average molecular weight is 408 g/mol. The predicted octanol–water partition coefficient (Wildman–Crippen LogP) is 3.60. The molecule has 0 spiro atoms. The Kier molecular flexibility index (Phi) is 7.51. The van der Waals surface area contributed by atoms with Gasteiger partial charge in [0.1, 0.15) is 15.7 Å². The zero-order valence-electron chi connectivity index (χ0n) is 15.8. The number of hydrogen-bond donors (Lipinski definition) is 2. The molecule has 0 aliphatic heterocycles. The van der Waals surface area contributed by atoms with E-state index in [1.807, 2.05) is 0 Å². The highest BCUT2D eigenvalue weighted by Crippen LogP contribution is 2.34. The van der Waals surface area contributed by atoms with E-state index in [0.29, 0.717) is 11.3 Å². The van der Waals surface area contributed by atoms with Crippen molar-refractivity contribution in [3.63, 3.8) is 0 Å². The van der Waals surface area contributed by atoms with E-state index in [4.69, 9.17) is 9.47 Å². The fourth-order valence-corrected chi connectivity index (χ4v) is 3.50. The van der Waals surface area contributed by atoms with Gasteiger partial charge in [-0.15, -0.1) is 11.3 Å². The van der Waals surface area contributed by atoms with Gasteiger partial charge in [-0.25, -0.2) is 14.0 Å². The molecule has 0 aliphatic rings. The molecule has 2 aromatic rings. The summed E-state index contributed by atoms with van der Waals surface area (Å²) in [7, 11) is 0. The first kappa shape index (κ1) is 21.4. The van der Waals surface area contributed by atoms with Gasteiger partial charge >= 0.3 is 11.9 Å². The fraction of sp³-hybridized carbons (Fsp3) is 0.316. The van der Waals surface area contributed by atoms with Gasteiger partial charge in [0, 0.05) is 5.69 Å². The van der Waals surface area contributed by atoms with Gasteiger partial charge in [-0.2, -0.15) is 0 Å². The number of carbonyl (C=O) groups is 3. The molecule has 7 nitrogen and oxygen atoms in total. The lowest BCUT2D eigenvalue weighted by molar-refractivity contribution is -0.114. The number of rotatable bonds is 8. The van der Waals surface area contributed by atoms with E-state index in [1.165, 1.54) is 18.2 Å². The summed E-state index contributed by atoms with van der Waals surface area (Å²) in [6.07, 6.45) is 0. The number of halogens is 1. The van der Waals surface area contributed by atoms with E-state index >= 15 is 0 Å². The Bertz CT molecular complexity index is 881. The summed E-state index contributed by atoms with van der Waals surface area (Å²) in [5.74, 6) is -2.11. The fourth-order valence-electron chi connectivity index (χ4n) is 2.39. The molecule has 1 aromatic carbocycles. The Hall–Kier alpha value is -2.94. The number of thiophene rings is 1. The molecule has 0 aliphatic carbocycles. The summed E-state index contributed by atoms with van der Waals surface area (Å²) in [5, 5.41) is 5.60. The van der Waals surface area contributed by atoms with Crippen molar-refractivity contribution in [1.82, 2.24) is 0 Å². The molecular formula is C19H21FN2O5S. The topological polar surface area (TPSA) is 93.7 Å². The van der Waals surface area contributed by atoms with E-state index in [0.717, 1.165) is 11.3 Å². The first-order valence-electron chi connectivity index (χ1n) is 8.64. The van der Waals surface area contributed by atoms with Crippen LogP contribution in [0.5, 0.6) is 0 Å². The van der Waals surface area contributed by atoms with Gasteiger partial charge in [-0.05, 0) is 44.5 Å². The van der Waals surface area contributed by atoms with E-state index in [-0.39, 0.29) is 35.2 Å². The number of benzene rings is 1. The van der Waals surface area contributed by atoms with E-state index in [2.05, 4.69) is 10.6 Å². The maximum Gasteiger partial charge on any atom is 0.348 e. The van der Waals surface area contributed by atoms with Gasteiger partial charge in [0.2, 0.25) is 5.91 Å². The summed E-state index contributed by atoms with van der Waals surface area (Å²) in [6.45, 7) is 5.11. The first-order valence-corrected chi connectivity index (χ1v) is 9.45. The zero-order valence-corrected chi connectivity index (χ0v) is 16.6. The van der Waals surface area contributed by atoms with Gasteiger partial charge in [-0.1, -0.05) is 6.07 Å². The monoisotopic (exact) mass is 408 g/mol. The van der Waals surface area contributed by atoms with E-state index in [1.54, 1.807) is 26.8 Å². The van der Waals surface area contributed by atoms with Gasteiger partial charge in [0.25, 0.3) is 0 Å². The third kappa shape index (κ3) is 5.29. The second kappa shape index (κ2) is 9.84. The van der Waals surface area contributed by atoms with Crippen molar-refractivity contribution in [3.05, 3.63) is 46.1 Å². The Labute approximate surface area is 165 Å². The number of amides is 1. The summed E-state index contributed by atoms with van der Waals surface area (Å²) >= 11 is 0.946. The van der Waals surface area contributed by atoms with Crippen LogP contribution in [0.1, 0.15) is 39.4 Å². The molecule has 28 heavy (non-hydrogen) atoms. The quantitative estimate of drug-likeness (QED) is 0.648. The first-order chi connectivity index (χ1) is 13.4. The minimum Gasteiger partial charge on any atom is -0.462 e. The highest BCUT2D eigenvalue weighted by molar-refractivity contribution is 7.18. The number of anilines is 2. The van der Waals surface area contributed by atoms with Crippen LogP contribution in [0.25, 0.3) is 0 Å². The highest BCUT2D eigenvalue weighted by Gasteiger charge is 2.27. The average Bonchev–Trinajstić information content (AvgIpc) is 2.96. The lowest BCUT2D eigenvalue weighted by Crippen LogP contribution is -2.22. The minimum atomic E-state index is -0.639. The van der Waals surface area contributed by atoms with Crippen molar-refractivity contribution in [2.75, 3.05) is 30.4 Å². The summed E-state index contributed by atoms with van der Waals surface area (Å²) in [6, 6.07) is 5.69. The molecule has 0 fully saturated rings. The van der Waals surface area contributed by atoms with Crippen LogP contribution in [0.3, 0.4) is 0 Å². The van der Waals surface area contributed by atoms with Crippen LogP contribution in [0.2, 0.25) is 0 Å². The highest BCUT2D eigenvalue weighted by atomic mass is 32.1. The predicted molar refractivity (Wildman–Crippen MR) is 104 cm³/mol. The van der Waals surface area contributed by atoms with Gasteiger partial charge in [0.05, 0.1) is 25.3 Å². The van der Waals surface area contributed by atoms with Crippen molar-refractivity contribution in [1.29, 1.82) is 0 Å². The van der Waals surface area contributed by atoms with Crippen LogP contribution in [-0.4, -0.2) is 37.6 Å². The van der Waals surface area contributed by atoms with Gasteiger partial charge < -0.3 is 20.1 Å². The maximum atomic E-state index is 13.2. The molecule has 0 unspecified atom stereocenters. The molecular weight excluding hydrogens is 387 g/mol. The van der Waals surface area contributed by atoms with Gasteiger partial charge in [0.15, 0.2) is 0 Å². The summed E-state index contributed by atoms with van der Waals surface area (Å²) < 4.78 is 23.2. The Morgan fingerprint density at radius 1 is 1.11 bits per heavy atom. The number of ether oxygens (including phenoxy) is 2. The van der Waals surface area contributed by atoms with Crippen molar-refractivity contribution in [2.24, 2.45) is 0 Å². The smallest absolute Gasteiger partial charge is 0.348 e. The standard InChI is InChI=1S/C19H21FN2O5S/c1-4-26-18(24)15-11(3)16(19(25)27-5-2)28-17(15)22-14(23)10-21-13-8-6-7-12(20)9-13/h6-9,21H,4-5,10H2,1-3H3,(H,22,23). The second-order valence-electron chi connectivity index (χ2n) is 5.61. The molecule has 0 bridgehead atoms. The van der Waals surface area contributed by atoms with E-state index in [9.17, 15) is 18.8 Å². The molecule has 1 heterocycles. The largest absolute Gasteiger partial charge is 0.462 e. The van der Waals surface area contributed by atoms with Crippen molar-refractivity contribution in [2.45, 2.75) is 20.8 Å². The number of carbonyl (C=O) groups excluding carboxylic acids is 3. The van der Waals surface area contributed by atoms with Crippen LogP contribution in [-0.2, 0) is 14.3 Å². The number of nitrogens with one attached hydrogen (secondary N) is 2. The summed E-state index contributed by atoms with van der Waals surface area (Å²) in [4.78, 5) is 36.9. The third-order valence-electron chi connectivity index (χ3n) is 3.62. The van der Waals surface area contributed by atoms with Crippen LogP contribution in [0.15, 0.2) is 24.3 Å². The Morgan fingerprint density at radius 2 is 1.79 bits per heavy atom.